The molecule has 25 heavy (non-hydrogen) atoms. The molecule has 0 aliphatic heterocycles. The van der Waals surface area contributed by atoms with Crippen molar-refractivity contribution in [3.8, 4) is 0 Å². The highest BCUT2D eigenvalue weighted by atomic mass is 28.4. The Morgan fingerprint density at radius 1 is 0.720 bits per heavy atom. The summed E-state index contributed by atoms with van der Waals surface area (Å²) < 4.78 is 0. The van der Waals surface area contributed by atoms with Crippen molar-refractivity contribution in [1.82, 2.24) is 0 Å². The van der Waals surface area contributed by atoms with Gasteiger partial charge in [0.25, 0.3) is 0 Å². The zero-order valence-corrected chi connectivity index (χ0v) is 16.2. The maximum atomic E-state index is 11.1. The Hall–Kier alpha value is -1.82. The van der Waals surface area contributed by atoms with Gasteiger partial charge in [-0.2, -0.15) is 0 Å². The summed E-state index contributed by atoms with van der Waals surface area (Å²) in [6.07, 6.45) is 2.85. The van der Waals surface area contributed by atoms with Gasteiger partial charge in [-0.05, 0) is 48.2 Å². The van der Waals surface area contributed by atoms with E-state index in [0.29, 0.717) is 12.8 Å². The average molecular weight is 359 g/mol. The number of anilines is 2. The van der Waals surface area contributed by atoms with Crippen molar-refractivity contribution < 1.29 is 9.59 Å². The van der Waals surface area contributed by atoms with Crippen LogP contribution in [0.5, 0.6) is 0 Å². The first kappa shape index (κ1) is 19.5. The van der Waals surface area contributed by atoms with Crippen LogP contribution in [0.2, 0.25) is 11.1 Å². The summed E-state index contributed by atoms with van der Waals surface area (Å²) in [5.41, 5.74) is 14.9. The normalized spacial score (nSPS) is 14.2. The van der Waals surface area contributed by atoms with Gasteiger partial charge in [-0.1, -0.05) is 51.0 Å². The zero-order chi connectivity index (χ0) is 18.4. The first-order valence-corrected chi connectivity index (χ1v) is 11.0. The molecule has 0 spiro atoms. The van der Waals surface area contributed by atoms with Crippen molar-refractivity contribution in [2.24, 2.45) is 0 Å². The molecule has 2 aromatic carbocycles. The van der Waals surface area contributed by atoms with Gasteiger partial charge >= 0.3 is 8.56 Å². The van der Waals surface area contributed by atoms with E-state index >= 15 is 0 Å². The second-order valence-corrected chi connectivity index (χ2v) is 10.1. The number of rotatable bonds is 8. The van der Waals surface area contributed by atoms with Gasteiger partial charge in [-0.15, -0.1) is 0 Å². The fraction of sp³-hybridized carbons (Fsp3) is 0.400. The van der Waals surface area contributed by atoms with Crippen LogP contribution in [-0.4, -0.2) is 18.2 Å². The molecule has 2 atom stereocenters. The van der Waals surface area contributed by atoms with Gasteiger partial charge in [-0.25, -0.2) is 0 Å². The van der Waals surface area contributed by atoms with E-state index < -0.39 is 8.56 Å². The van der Waals surface area contributed by atoms with E-state index in [1.54, 1.807) is 0 Å². The van der Waals surface area contributed by atoms with Crippen molar-refractivity contribution >= 4 is 19.9 Å². The Balaban J connectivity index is 2.15. The van der Waals surface area contributed by atoms with Crippen LogP contribution in [0.4, 0.5) is 11.4 Å². The summed E-state index contributed by atoms with van der Waals surface area (Å²) in [5, 5.41) is 0. The largest absolute Gasteiger partial charge is 0.410 e. The molecular weight excluding hydrogens is 328 g/mol. The Morgan fingerprint density at radius 2 is 1.04 bits per heavy atom. The minimum atomic E-state index is -3.42. The molecule has 0 bridgehead atoms. The molecule has 0 radical (unpaired) electrons. The molecule has 5 heteroatoms. The average Bonchev–Trinajstić information content (AvgIpc) is 2.60. The number of nitrogens with two attached hydrogens (primary N) is 2. The number of benzene rings is 2. The Kier molecular flexibility index (Phi) is 6.64. The van der Waals surface area contributed by atoms with Crippen LogP contribution >= 0.6 is 0 Å². The minimum Gasteiger partial charge on any atom is -0.410 e. The van der Waals surface area contributed by atoms with Gasteiger partial charge in [-0.3, -0.25) is 0 Å². The molecule has 0 fully saturated rings. The summed E-state index contributed by atoms with van der Waals surface area (Å²) in [4.78, 5) is 22.2. The van der Waals surface area contributed by atoms with Crippen LogP contribution in [0.3, 0.4) is 0 Å². The number of hydrogen-bond acceptors (Lipinski definition) is 4. The maximum absolute atomic E-state index is 11.1. The molecule has 4 nitrogen and oxygen atoms in total. The lowest BCUT2D eigenvalue weighted by Gasteiger charge is -2.34. The van der Waals surface area contributed by atoms with Crippen molar-refractivity contribution in [3.05, 3.63) is 59.7 Å². The van der Waals surface area contributed by atoms with Crippen LogP contribution in [0, 0.1) is 0 Å². The second kappa shape index (κ2) is 8.51. The van der Waals surface area contributed by atoms with Crippen LogP contribution < -0.4 is 11.5 Å². The van der Waals surface area contributed by atoms with Crippen molar-refractivity contribution in [2.75, 3.05) is 11.5 Å². The number of nitrogen functional groups attached to an aromatic ring is 2. The van der Waals surface area contributed by atoms with E-state index in [1.807, 2.05) is 62.4 Å². The Bertz CT molecular complexity index is 599. The topological polar surface area (TPSA) is 92.5 Å². The van der Waals surface area contributed by atoms with Gasteiger partial charge in [0, 0.05) is 22.5 Å². The standard InChI is InChI=1S/C20H30N2O2Si/c1-3-19(13-15-5-9-17(21)10-6-15)25(23,24)20(4-2)14-16-7-11-18(22)12-8-16/h5-12,19-20,23-24H,3-4,13-14,21-22H2,1-2H3. The minimum absolute atomic E-state index is 0.102. The monoisotopic (exact) mass is 358 g/mol. The quantitative estimate of drug-likeness (QED) is 0.428. The molecule has 0 aliphatic carbocycles. The molecule has 0 saturated heterocycles. The summed E-state index contributed by atoms with van der Waals surface area (Å²) in [7, 11) is -3.42. The lowest BCUT2D eigenvalue weighted by molar-refractivity contribution is 0.307. The molecule has 2 aromatic rings. The smallest absolute Gasteiger partial charge is 0.339 e. The van der Waals surface area contributed by atoms with E-state index in [2.05, 4.69) is 0 Å². The van der Waals surface area contributed by atoms with Crippen LogP contribution in [0.15, 0.2) is 48.5 Å². The van der Waals surface area contributed by atoms with Crippen molar-refractivity contribution in [2.45, 2.75) is 50.6 Å². The van der Waals surface area contributed by atoms with E-state index in [4.69, 9.17) is 11.5 Å². The lowest BCUT2D eigenvalue weighted by Crippen LogP contribution is -2.47. The highest BCUT2D eigenvalue weighted by Crippen LogP contribution is 2.38. The van der Waals surface area contributed by atoms with Gasteiger partial charge in [0.1, 0.15) is 0 Å². The lowest BCUT2D eigenvalue weighted by atomic mass is 10.1. The summed E-state index contributed by atoms with van der Waals surface area (Å²) in [6, 6.07) is 15.4. The molecule has 0 aromatic heterocycles. The molecule has 0 aliphatic rings. The highest BCUT2D eigenvalue weighted by Gasteiger charge is 2.45. The highest BCUT2D eigenvalue weighted by molar-refractivity contribution is 6.68. The molecule has 2 rings (SSSR count). The van der Waals surface area contributed by atoms with Crippen LogP contribution in [0.1, 0.15) is 37.8 Å². The Morgan fingerprint density at radius 3 is 1.32 bits per heavy atom. The second-order valence-electron chi connectivity index (χ2n) is 6.88. The molecule has 6 N–H and O–H groups in total. The fourth-order valence-electron chi connectivity index (χ4n) is 3.40. The van der Waals surface area contributed by atoms with Gasteiger partial charge in [0.15, 0.2) is 0 Å². The Labute approximate surface area is 151 Å². The van der Waals surface area contributed by atoms with E-state index in [1.165, 1.54) is 0 Å². The van der Waals surface area contributed by atoms with E-state index in [9.17, 15) is 9.59 Å². The third-order valence-corrected chi connectivity index (χ3v) is 8.74. The first-order chi connectivity index (χ1) is 11.9. The first-order valence-electron chi connectivity index (χ1n) is 9.00. The third-order valence-electron chi connectivity index (χ3n) is 5.11. The molecule has 0 heterocycles. The van der Waals surface area contributed by atoms with Crippen LogP contribution in [0.25, 0.3) is 0 Å². The molecule has 2 unspecified atom stereocenters. The predicted octanol–water partition coefficient (Wildman–Crippen LogP) is 3.62. The van der Waals surface area contributed by atoms with Crippen molar-refractivity contribution in [1.29, 1.82) is 0 Å². The summed E-state index contributed by atoms with van der Waals surface area (Å²) in [6.45, 7) is 4.07. The third kappa shape index (κ3) is 5.08. The molecule has 136 valence electrons. The van der Waals surface area contributed by atoms with Gasteiger partial charge < -0.3 is 21.1 Å². The zero-order valence-electron chi connectivity index (χ0n) is 15.2. The fourth-order valence-corrected chi connectivity index (χ4v) is 6.34. The van der Waals surface area contributed by atoms with Gasteiger partial charge in [0.2, 0.25) is 0 Å². The molecule has 0 amide bonds. The number of hydrogen-bond donors (Lipinski definition) is 4. The van der Waals surface area contributed by atoms with Crippen molar-refractivity contribution in [3.63, 3.8) is 0 Å². The summed E-state index contributed by atoms with van der Waals surface area (Å²) >= 11 is 0. The SMILES string of the molecule is CCC(Cc1ccc(N)cc1)[Si](O)(O)C(CC)Cc1ccc(N)cc1. The summed E-state index contributed by atoms with van der Waals surface area (Å²) in [5.74, 6) is 0. The predicted molar refractivity (Wildman–Crippen MR) is 107 cm³/mol. The molecule has 0 saturated carbocycles. The van der Waals surface area contributed by atoms with Gasteiger partial charge in [0.05, 0.1) is 0 Å². The van der Waals surface area contributed by atoms with E-state index in [-0.39, 0.29) is 11.1 Å². The molecular formula is C20H30N2O2Si. The maximum Gasteiger partial charge on any atom is 0.339 e. The van der Waals surface area contributed by atoms with Crippen LogP contribution in [-0.2, 0) is 12.8 Å². The van der Waals surface area contributed by atoms with E-state index in [0.717, 1.165) is 35.3 Å².